The van der Waals surface area contributed by atoms with Crippen LogP contribution in [0.3, 0.4) is 0 Å². The van der Waals surface area contributed by atoms with E-state index >= 15 is 0 Å². The van der Waals surface area contributed by atoms with Gasteiger partial charge in [-0.05, 0) is 41.5 Å². The molecule has 0 saturated heterocycles. The molecular formula is C38H43O2SiZr. The first-order valence-corrected chi connectivity index (χ1v) is 16.3. The smallest absolute Gasteiger partial charge is 0.872 e. The van der Waals surface area contributed by atoms with Gasteiger partial charge >= 0.3 is 26.2 Å². The van der Waals surface area contributed by atoms with Gasteiger partial charge in [-0.3, -0.25) is 0 Å². The van der Waals surface area contributed by atoms with E-state index in [1.165, 1.54) is 21.5 Å². The van der Waals surface area contributed by atoms with E-state index in [1.807, 2.05) is 65.8 Å². The van der Waals surface area contributed by atoms with E-state index in [0.29, 0.717) is 0 Å². The Hall–Kier alpha value is -3.20. The molecule has 0 atom stereocenters. The van der Waals surface area contributed by atoms with Gasteiger partial charge in [-0.25, -0.2) is 0 Å². The third-order valence-electron chi connectivity index (χ3n) is 6.30. The molecule has 6 aromatic carbocycles. The van der Waals surface area contributed by atoms with Crippen LogP contribution in [0, 0.1) is 41.5 Å². The number of benzene rings is 4. The van der Waals surface area contributed by atoms with Gasteiger partial charge in [0.2, 0.25) is 0 Å². The topological polar surface area (TPSA) is 46.1 Å². The molecule has 0 bridgehead atoms. The molecule has 0 N–H and O–H groups in total. The van der Waals surface area contributed by atoms with Crippen LogP contribution in [0.2, 0.25) is 13.1 Å². The van der Waals surface area contributed by atoms with Crippen LogP contribution < -0.4 is 10.2 Å². The van der Waals surface area contributed by atoms with Crippen molar-refractivity contribution in [2.75, 3.05) is 0 Å². The number of fused-ring (bicyclic) bond motifs is 2. The summed E-state index contributed by atoms with van der Waals surface area (Å²) in [6.07, 6.45) is 0. The van der Waals surface area contributed by atoms with Gasteiger partial charge in [0.15, 0.2) is 0 Å². The SMILES string of the molecule is C[SiH]C.Cc1cc(C)c([O-])c(C)c1.Cc1cc(C)c([O-])c(C)c1.[Zr+4].c1ccc2[cH-]ccc2c1.c1ccc2[cH-]ccc2c1. The second kappa shape index (κ2) is 19.1. The van der Waals surface area contributed by atoms with Crippen molar-refractivity contribution in [1.29, 1.82) is 0 Å². The molecule has 0 aliphatic carbocycles. The van der Waals surface area contributed by atoms with Crippen LogP contribution in [-0.2, 0) is 26.2 Å². The predicted molar refractivity (Wildman–Crippen MR) is 178 cm³/mol. The molecule has 0 unspecified atom stereocenters. The summed E-state index contributed by atoms with van der Waals surface area (Å²) in [7, 11) is 0.750. The maximum Gasteiger partial charge on any atom is 4.00 e. The summed E-state index contributed by atoms with van der Waals surface area (Å²) in [4.78, 5) is 0. The molecule has 0 amide bonds. The molecular weight excluding hydrogens is 608 g/mol. The second-order valence-corrected chi connectivity index (χ2v) is 11.5. The minimum atomic E-state index is 0. The summed E-state index contributed by atoms with van der Waals surface area (Å²) >= 11 is 0. The summed E-state index contributed by atoms with van der Waals surface area (Å²) in [5.41, 5.74) is 5.70. The third kappa shape index (κ3) is 12.0. The van der Waals surface area contributed by atoms with Crippen molar-refractivity contribution in [2.45, 2.75) is 54.6 Å². The zero-order chi connectivity index (χ0) is 30.4. The molecule has 0 aliphatic rings. The molecule has 6 aromatic rings. The van der Waals surface area contributed by atoms with E-state index in [1.54, 1.807) is 0 Å². The number of rotatable bonds is 0. The van der Waals surface area contributed by atoms with Crippen LogP contribution in [0.25, 0.3) is 21.5 Å². The minimum absolute atomic E-state index is 0. The van der Waals surface area contributed by atoms with E-state index in [9.17, 15) is 10.2 Å². The quantitative estimate of drug-likeness (QED) is 0.122. The Bertz CT molecular complexity index is 1400. The summed E-state index contributed by atoms with van der Waals surface area (Å²) in [6.45, 7) is 15.8. The van der Waals surface area contributed by atoms with Crippen molar-refractivity contribution in [2.24, 2.45) is 0 Å². The molecule has 0 aromatic heterocycles. The Morgan fingerprint density at radius 2 is 0.786 bits per heavy atom. The molecule has 0 heterocycles. The Kier molecular flexibility index (Phi) is 16.7. The van der Waals surface area contributed by atoms with Crippen molar-refractivity contribution in [3.05, 3.63) is 143 Å². The standard InChI is InChI=1S/2C9H12O.2C9H7.C2H7Si.Zr/c2*1-6-4-7(2)9(10)8(3)5-6;2*1-2-5-9-7-3-6-8(9)4-1;1-3-2;/h2*4-5,10H,1-3H3;2*1-7H;3H,1-2H3;/q;;2*-1;;+4/p-2. The summed E-state index contributed by atoms with van der Waals surface area (Å²) in [5.74, 6) is 0.344. The van der Waals surface area contributed by atoms with Crippen molar-refractivity contribution < 1.29 is 36.4 Å². The third-order valence-corrected chi connectivity index (χ3v) is 6.30. The summed E-state index contributed by atoms with van der Waals surface area (Å²) < 4.78 is 0. The Morgan fingerprint density at radius 3 is 1.07 bits per heavy atom. The van der Waals surface area contributed by atoms with Gasteiger partial charge in [0.05, 0.1) is 0 Å². The van der Waals surface area contributed by atoms with Gasteiger partial charge in [0.1, 0.15) is 0 Å². The maximum atomic E-state index is 11.1. The van der Waals surface area contributed by atoms with Gasteiger partial charge in [0.25, 0.3) is 0 Å². The molecule has 4 heteroatoms. The van der Waals surface area contributed by atoms with Crippen molar-refractivity contribution in [3.8, 4) is 11.5 Å². The molecule has 1 radical (unpaired) electrons. The van der Waals surface area contributed by atoms with Gasteiger partial charge in [0, 0.05) is 9.52 Å². The van der Waals surface area contributed by atoms with Crippen molar-refractivity contribution in [1.82, 2.24) is 0 Å². The van der Waals surface area contributed by atoms with Gasteiger partial charge < -0.3 is 10.2 Å². The normalized spacial score (nSPS) is 9.52. The average Bonchev–Trinajstić information content (AvgIpc) is 3.61. The first kappa shape index (κ1) is 36.8. The van der Waals surface area contributed by atoms with Crippen LogP contribution >= 0.6 is 0 Å². The van der Waals surface area contributed by atoms with Crippen LogP contribution in [-0.4, -0.2) is 9.52 Å². The van der Waals surface area contributed by atoms with Crippen LogP contribution in [0.15, 0.2) is 109 Å². The molecule has 0 spiro atoms. The minimum Gasteiger partial charge on any atom is -0.872 e. The van der Waals surface area contributed by atoms with Crippen molar-refractivity contribution in [3.63, 3.8) is 0 Å². The predicted octanol–water partition coefficient (Wildman–Crippen LogP) is 9.00. The Morgan fingerprint density at radius 1 is 0.500 bits per heavy atom. The van der Waals surface area contributed by atoms with E-state index in [2.05, 4.69) is 98.0 Å². The van der Waals surface area contributed by atoms with Crippen LogP contribution in [0.1, 0.15) is 33.4 Å². The maximum absolute atomic E-state index is 11.1. The Balaban J connectivity index is 0.000000269. The van der Waals surface area contributed by atoms with Gasteiger partial charge in [-0.2, -0.15) is 35.0 Å². The summed E-state index contributed by atoms with van der Waals surface area (Å²) in [6, 6.07) is 37.0. The summed E-state index contributed by atoms with van der Waals surface area (Å²) in [5, 5.41) is 27.6. The molecule has 42 heavy (non-hydrogen) atoms. The second-order valence-electron chi connectivity index (χ2n) is 10.3. The molecule has 6 rings (SSSR count). The van der Waals surface area contributed by atoms with Crippen LogP contribution in [0.5, 0.6) is 11.5 Å². The molecule has 2 nitrogen and oxygen atoms in total. The first-order chi connectivity index (χ1) is 19.6. The van der Waals surface area contributed by atoms with E-state index in [4.69, 9.17) is 0 Å². The zero-order valence-electron chi connectivity index (χ0n) is 26.3. The van der Waals surface area contributed by atoms with E-state index < -0.39 is 0 Å². The van der Waals surface area contributed by atoms with E-state index in [-0.39, 0.29) is 37.7 Å². The Labute approximate surface area is 274 Å². The van der Waals surface area contributed by atoms with Crippen LogP contribution in [0.4, 0.5) is 0 Å². The molecule has 0 fully saturated rings. The van der Waals surface area contributed by atoms with Gasteiger partial charge in [-0.15, -0.1) is 70.8 Å². The molecule has 0 saturated carbocycles. The number of hydrogen-bond donors (Lipinski definition) is 0. The fourth-order valence-electron chi connectivity index (χ4n) is 4.47. The fraction of sp³-hybridized carbons (Fsp3) is 0.211. The average molecular weight is 651 g/mol. The number of hydrogen-bond acceptors (Lipinski definition) is 2. The van der Waals surface area contributed by atoms with E-state index in [0.717, 1.165) is 42.9 Å². The zero-order valence-corrected chi connectivity index (χ0v) is 29.9. The largest absolute Gasteiger partial charge is 4.00 e. The van der Waals surface area contributed by atoms with Gasteiger partial charge in [-0.1, -0.05) is 82.9 Å². The first-order valence-electron chi connectivity index (χ1n) is 14.0. The monoisotopic (exact) mass is 649 g/mol. The molecule has 0 aliphatic heterocycles. The van der Waals surface area contributed by atoms with Crippen molar-refractivity contribution >= 4 is 31.1 Å². The fourth-order valence-corrected chi connectivity index (χ4v) is 4.47. The number of aryl methyl sites for hydroxylation is 6. The molecule has 215 valence electrons.